The second-order valence-electron chi connectivity index (χ2n) is 3.44. The third-order valence-electron chi connectivity index (χ3n) is 2.22. The summed E-state index contributed by atoms with van der Waals surface area (Å²) in [6, 6.07) is 1.95. The molecule has 88 valence electrons. The number of pyridine rings is 1. The molecular weight excluding hydrogens is 395 g/mol. The zero-order chi connectivity index (χ0) is 12.4. The maximum atomic E-state index is 4.47. The van der Waals surface area contributed by atoms with Crippen LogP contribution in [0.4, 0.5) is 5.82 Å². The molecule has 2 rings (SSSR count). The summed E-state index contributed by atoms with van der Waals surface area (Å²) in [4.78, 5) is 13.1. The maximum Gasteiger partial charge on any atom is 0.163 e. The first kappa shape index (κ1) is 12.7. The highest BCUT2D eigenvalue weighted by Gasteiger charge is 2.10. The molecule has 0 aliphatic rings. The molecule has 17 heavy (non-hydrogen) atoms. The molecular formula is C11H10BrIN4. The summed E-state index contributed by atoms with van der Waals surface area (Å²) < 4.78 is 1.96. The lowest BCUT2D eigenvalue weighted by Gasteiger charge is -2.08. The largest absolute Gasteiger partial charge is 0.372 e. The minimum atomic E-state index is 0.682. The first-order valence-corrected chi connectivity index (χ1v) is 6.82. The molecule has 2 aromatic heterocycles. The quantitative estimate of drug-likeness (QED) is 0.780. The van der Waals surface area contributed by atoms with E-state index >= 15 is 0 Å². The van der Waals surface area contributed by atoms with Gasteiger partial charge in [0.1, 0.15) is 5.82 Å². The lowest BCUT2D eigenvalue weighted by Crippen LogP contribution is -2.02. The second kappa shape index (κ2) is 5.26. The molecule has 0 aliphatic carbocycles. The topological polar surface area (TPSA) is 50.7 Å². The van der Waals surface area contributed by atoms with Crippen molar-refractivity contribution in [1.29, 1.82) is 0 Å². The van der Waals surface area contributed by atoms with Crippen LogP contribution in [0.15, 0.2) is 22.9 Å². The van der Waals surface area contributed by atoms with E-state index in [-0.39, 0.29) is 0 Å². The molecule has 0 saturated carbocycles. The van der Waals surface area contributed by atoms with Crippen molar-refractivity contribution >= 4 is 44.3 Å². The van der Waals surface area contributed by atoms with Gasteiger partial charge in [-0.1, -0.05) is 0 Å². The number of nitrogens with zero attached hydrogens (tertiary/aromatic N) is 3. The molecule has 2 aromatic rings. The monoisotopic (exact) mass is 404 g/mol. The van der Waals surface area contributed by atoms with Gasteiger partial charge in [-0.15, -0.1) is 0 Å². The fourth-order valence-electron chi connectivity index (χ4n) is 1.39. The summed E-state index contributed by atoms with van der Waals surface area (Å²) in [6.07, 6.45) is 3.49. The average molecular weight is 405 g/mol. The van der Waals surface area contributed by atoms with Gasteiger partial charge in [0.25, 0.3) is 0 Å². The molecule has 0 unspecified atom stereocenters. The van der Waals surface area contributed by atoms with E-state index in [1.54, 1.807) is 12.4 Å². The summed E-state index contributed by atoms with van der Waals surface area (Å²) in [6.45, 7) is 1.97. The molecule has 1 N–H and O–H groups in total. The smallest absolute Gasteiger partial charge is 0.163 e. The van der Waals surface area contributed by atoms with Crippen molar-refractivity contribution in [3.8, 4) is 11.4 Å². The van der Waals surface area contributed by atoms with E-state index in [0.29, 0.717) is 5.82 Å². The Kier molecular flexibility index (Phi) is 3.93. The highest BCUT2D eigenvalue weighted by atomic mass is 127. The standard InChI is InChI=1S/C11H10BrIN4/c1-6-9(13)11(14-2)17-10(16-6)7-3-8(12)5-15-4-7/h3-5H,1-2H3,(H,14,16,17). The van der Waals surface area contributed by atoms with E-state index in [9.17, 15) is 0 Å². The van der Waals surface area contributed by atoms with Crippen LogP contribution < -0.4 is 5.32 Å². The Morgan fingerprint density at radius 2 is 2.06 bits per heavy atom. The molecule has 0 atom stereocenters. The Morgan fingerprint density at radius 1 is 1.29 bits per heavy atom. The van der Waals surface area contributed by atoms with Gasteiger partial charge in [0.15, 0.2) is 5.82 Å². The first-order chi connectivity index (χ1) is 8.11. The van der Waals surface area contributed by atoms with Crippen LogP contribution in [0.5, 0.6) is 0 Å². The van der Waals surface area contributed by atoms with Gasteiger partial charge in [0.05, 0.1) is 9.26 Å². The molecule has 0 saturated heterocycles. The van der Waals surface area contributed by atoms with E-state index in [2.05, 4.69) is 58.8 Å². The van der Waals surface area contributed by atoms with Crippen LogP contribution in [0.2, 0.25) is 0 Å². The lowest BCUT2D eigenvalue weighted by atomic mass is 10.2. The highest BCUT2D eigenvalue weighted by molar-refractivity contribution is 14.1. The van der Waals surface area contributed by atoms with Gasteiger partial charge in [-0.2, -0.15) is 0 Å². The number of aromatic nitrogens is 3. The molecule has 2 heterocycles. The summed E-state index contributed by atoms with van der Waals surface area (Å²) in [5.74, 6) is 1.52. The molecule has 0 fully saturated rings. The van der Waals surface area contributed by atoms with Crippen molar-refractivity contribution in [1.82, 2.24) is 15.0 Å². The van der Waals surface area contributed by atoms with Crippen molar-refractivity contribution in [3.63, 3.8) is 0 Å². The average Bonchev–Trinajstić information content (AvgIpc) is 2.32. The lowest BCUT2D eigenvalue weighted by molar-refractivity contribution is 1.08. The number of hydrogen-bond acceptors (Lipinski definition) is 4. The molecule has 0 amide bonds. The van der Waals surface area contributed by atoms with Crippen molar-refractivity contribution in [2.45, 2.75) is 6.92 Å². The zero-order valence-corrected chi connectivity index (χ0v) is 13.1. The van der Waals surface area contributed by atoms with Crippen LogP contribution in [0.3, 0.4) is 0 Å². The highest BCUT2D eigenvalue weighted by Crippen LogP contribution is 2.24. The van der Waals surface area contributed by atoms with Crippen molar-refractivity contribution in [2.24, 2.45) is 0 Å². The number of anilines is 1. The molecule has 4 nitrogen and oxygen atoms in total. The fourth-order valence-corrected chi connectivity index (χ4v) is 2.26. The van der Waals surface area contributed by atoms with Crippen LogP contribution in [0, 0.1) is 10.5 Å². The zero-order valence-electron chi connectivity index (χ0n) is 9.33. The number of hydrogen-bond donors (Lipinski definition) is 1. The van der Waals surface area contributed by atoms with Crippen molar-refractivity contribution in [3.05, 3.63) is 32.2 Å². The number of aryl methyl sites for hydroxylation is 1. The Morgan fingerprint density at radius 3 is 2.71 bits per heavy atom. The van der Waals surface area contributed by atoms with Gasteiger partial charge in [0.2, 0.25) is 0 Å². The second-order valence-corrected chi connectivity index (χ2v) is 5.43. The summed E-state index contributed by atoms with van der Waals surface area (Å²) in [5.41, 5.74) is 1.86. The molecule has 6 heteroatoms. The van der Waals surface area contributed by atoms with E-state index < -0.39 is 0 Å². The number of halogens is 2. The SMILES string of the molecule is CNc1nc(-c2cncc(Br)c2)nc(C)c1I. The predicted molar refractivity (Wildman–Crippen MR) is 80.0 cm³/mol. The van der Waals surface area contributed by atoms with Crippen LogP contribution in [0.1, 0.15) is 5.69 Å². The maximum absolute atomic E-state index is 4.47. The van der Waals surface area contributed by atoms with Crippen molar-refractivity contribution < 1.29 is 0 Å². The molecule has 0 aliphatic heterocycles. The Labute approximate surface area is 122 Å². The Hall–Kier alpha value is -0.760. The van der Waals surface area contributed by atoms with E-state index in [0.717, 1.165) is 25.1 Å². The van der Waals surface area contributed by atoms with E-state index in [4.69, 9.17) is 0 Å². The van der Waals surface area contributed by atoms with Gasteiger partial charge < -0.3 is 5.32 Å². The van der Waals surface area contributed by atoms with Crippen LogP contribution >= 0.6 is 38.5 Å². The minimum absolute atomic E-state index is 0.682. The minimum Gasteiger partial charge on any atom is -0.372 e. The van der Waals surface area contributed by atoms with Crippen molar-refractivity contribution in [2.75, 3.05) is 12.4 Å². The van der Waals surface area contributed by atoms with Crippen LogP contribution in [-0.4, -0.2) is 22.0 Å². The van der Waals surface area contributed by atoms with E-state index in [1.165, 1.54) is 0 Å². The van der Waals surface area contributed by atoms with E-state index in [1.807, 2.05) is 20.0 Å². The van der Waals surface area contributed by atoms with Gasteiger partial charge in [-0.05, 0) is 51.5 Å². The third kappa shape index (κ3) is 2.74. The van der Waals surface area contributed by atoms with Gasteiger partial charge in [0, 0.05) is 29.5 Å². The normalized spacial score (nSPS) is 10.4. The Balaban J connectivity index is 2.56. The molecule has 0 radical (unpaired) electrons. The molecule has 0 spiro atoms. The number of nitrogens with one attached hydrogen (secondary N) is 1. The van der Waals surface area contributed by atoms with Gasteiger partial charge in [-0.25, -0.2) is 9.97 Å². The van der Waals surface area contributed by atoms with Crippen LogP contribution in [0.25, 0.3) is 11.4 Å². The predicted octanol–water partition coefficient (Wildman–Crippen LogP) is 3.26. The fraction of sp³-hybridized carbons (Fsp3) is 0.182. The summed E-state index contributed by atoms with van der Waals surface area (Å²) >= 11 is 5.63. The Bertz CT molecular complexity index is 559. The number of rotatable bonds is 2. The van der Waals surface area contributed by atoms with Crippen LogP contribution in [-0.2, 0) is 0 Å². The van der Waals surface area contributed by atoms with Gasteiger partial charge in [-0.3, -0.25) is 4.98 Å². The van der Waals surface area contributed by atoms with Gasteiger partial charge >= 0.3 is 0 Å². The third-order valence-corrected chi connectivity index (χ3v) is 3.94. The molecule has 0 aromatic carbocycles. The first-order valence-electron chi connectivity index (χ1n) is 4.94. The summed E-state index contributed by atoms with van der Waals surface area (Å²) in [7, 11) is 1.85. The molecule has 0 bridgehead atoms. The summed E-state index contributed by atoms with van der Waals surface area (Å²) in [5, 5.41) is 3.07.